The summed E-state index contributed by atoms with van der Waals surface area (Å²) in [4.78, 5) is 37.3. The average molecular weight is 397 g/mol. The molecule has 3 amide bonds. The van der Waals surface area contributed by atoms with E-state index in [1.54, 1.807) is 36.2 Å². The standard InChI is InChI=1S/C22H27N3O4/c1-3-25(2)21(28)17-10-7-11-18(15-17)23-22(29)24-19(12-13-20(26)27)14-16-8-5-4-6-9-16/h4-11,15,19H,3,12-14H2,1-2H3,(H,26,27)(H2,23,24,29). The predicted molar refractivity (Wildman–Crippen MR) is 112 cm³/mol. The van der Waals surface area contributed by atoms with Gasteiger partial charge in [0.25, 0.3) is 5.91 Å². The molecule has 0 aromatic heterocycles. The molecule has 0 saturated heterocycles. The van der Waals surface area contributed by atoms with Crippen molar-refractivity contribution in [3.05, 3.63) is 65.7 Å². The van der Waals surface area contributed by atoms with Gasteiger partial charge in [-0.05, 0) is 43.5 Å². The largest absolute Gasteiger partial charge is 0.481 e. The number of rotatable bonds is 9. The van der Waals surface area contributed by atoms with Crippen molar-refractivity contribution in [2.75, 3.05) is 18.9 Å². The van der Waals surface area contributed by atoms with E-state index in [9.17, 15) is 14.4 Å². The van der Waals surface area contributed by atoms with E-state index >= 15 is 0 Å². The van der Waals surface area contributed by atoms with Crippen LogP contribution in [-0.4, -0.2) is 47.5 Å². The van der Waals surface area contributed by atoms with E-state index in [2.05, 4.69) is 10.6 Å². The molecular formula is C22H27N3O4. The van der Waals surface area contributed by atoms with Crippen molar-refractivity contribution in [2.24, 2.45) is 0 Å². The maximum absolute atomic E-state index is 12.5. The molecule has 0 heterocycles. The fraction of sp³-hybridized carbons (Fsp3) is 0.318. The summed E-state index contributed by atoms with van der Waals surface area (Å²) >= 11 is 0. The Bertz CT molecular complexity index is 839. The smallest absolute Gasteiger partial charge is 0.319 e. The van der Waals surface area contributed by atoms with Gasteiger partial charge >= 0.3 is 12.0 Å². The number of nitrogens with one attached hydrogen (secondary N) is 2. The van der Waals surface area contributed by atoms with Gasteiger partial charge in [0.2, 0.25) is 0 Å². The SMILES string of the molecule is CCN(C)C(=O)c1cccc(NC(=O)NC(CCC(=O)O)Cc2ccccc2)c1. The van der Waals surface area contributed by atoms with E-state index in [1.165, 1.54) is 0 Å². The Balaban J connectivity index is 2.03. The molecule has 154 valence electrons. The zero-order chi connectivity index (χ0) is 21.2. The maximum Gasteiger partial charge on any atom is 0.319 e. The molecule has 0 radical (unpaired) electrons. The number of carboxylic acid groups (broad SMARTS) is 1. The third-order valence-corrected chi connectivity index (χ3v) is 4.56. The number of hydrogen-bond acceptors (Lipinski definition) is 3. The minimum atomic E-state index is -0.906. The van der Waals surface area contributed by atoms with Crippen molar-refractivity contribution < 1.29 is 19.5 Å². The van der Waals surface area contributed by atoms with Gasteiger partial charge in [0.05, 0.1) is 0 Å². The molecule has 2 aromatic rings. The van der Waals surface area contributed by atoms with Crippen molar-refractivity contribution >= 4 is 23.6 Å². The first-order valence-corrected chi connectivity index (χ1v) is 9.57. The first-order valence-electron chi connectivity index (χ1n) is 9.57. The summed E-state index contributed by atoms with van der Waals surface area (Å²) in [5, 5.41) is 14.6. The lowest BCUT2D eigenvalue weighted by Crippen LogP contribution is -2.39. The fourth-order valence-electron chi connectivity index (χ4n) is 2.87. The molecule has 2 rings (SSSR count). The van der Waals surface area contributed by atoms with Gasteiger partial charge in [0.1, 0.15) is 0 Å². The molecule has 2 aromatic carbocycles. The molecule has 7 nitrogen and oxygen atoms in total. The molecule has 0 aliphatic carbocycles. The number of aliphatic carboxylic acids is 1. The molecule has 1 unspecified atom stereocenters. The number of hydrogen-bond donors (Lipinski definition) is 3. The Kier molecular flexibility index (Phi) is 8.21. The highest BCUT2D eigenvalue weighted by Crippen LogP contribution is 2.13. The van der Waals surface area contributed by atoms with Gasteiger partial charge < -0.3 is 20.6 Å². The summed E-state index contributed by atoms with van der Waals surface area (Å²) in [6, 6.07) is 15.5. The Morgan fingerprint density at radius 3 is 2.45 bits per heavy atom. The first-order chi connectivity index (χ1) is 13.9. The fourth-order valence-corrected chi connectivity index (χ4v) is 2.87. The number of carbonyl (C=O) groups excluding carboxylic acids is 2. The topological polar surface area (TPSA) is 98.7 Å². The van der Waals surface area contributed by atoms with Crippen LogP contribution < -0.4 is 10.6 Å². The van der Waals surface area contributed by atoms with Crippen LogP contribution in [-0.2, 0) is 11.2 Å². The first kappa shape index (κ1) is 21.9. The van der Waals surface area contributed by atoms with Crippen molar-refractivity contribution in [2.45, 2.75) is 32.2 Å². The summed E-state index contributed by atoms with van der Waals surface area (Å²) in [7, 11) is 1.71. The molecular weight excluding hydrogens is 370 g/mol. The van der Waals surface area contributed by atoms with Crippen molar-refractivity contribution in [1.82, 2.24) is 10.2 Å². The van der Waals surface area contributed by atoms with Gasteiger partial charge in [-0.25, -0.2) is 4.79 Å². The van der Waals surface area contributed by atoms with Crippen LogP contribution in [0.3, 0.4) is 0 Å². The second kappa shape index (κ2) is 10.8. The van der Waals surface area contributed by atoms with Crippen LogP contribution in [0.5, 0.6) is 0 Å². The number of anilines is 1. The number of nitrogens with zero attached hydrogens (tertiary/aromatic N) is 1. The van der Waals surface area contributed by atoms with Gasteiger partial charge in [-0.3, -0.25) is 9.59 Å². The molecule has 29 heavy (non-hydrogen) atoms. The lowest BCUT2D eigenvalue weighted by atomic mass is 10.0. The lowest BCUT2D eigenvalue weighted by molar-refractivity contribution is -0.137. The van der Waals surface area contributed by atoms with E-state index in [1.807, 2.05) is 37.3 Å². The highest BCUT2D eigenvalue weighted by atomic mass is 16.4. The van der Waals surface area contributed by atoms with Crippen LogP contribution in [0.1, 0.15) is 35.7 Å². The molecule has 0 fully saturated rings. The highest BCUT2D eigenvalue weighted by Gasteiger charge is 2.16. The van der Waals surface area contributed by atoms with Crippen LogP contribution in [0.25, 0.3) is 0 Å². The second-order valence-electron chi connectivity index (χ2n) is 6.82. The van der Waals surface area contributed by atoms with Crippen LogP contribution in [0, 0.1) is 0 Å². The molecule has 0 aliphatic rings. The Labute approximate surface area is 170 Å². The van der Waals surface area contributed by atoms with Gasteiger partial charge in [-0.2, -0.15) is 0 Å². The monoisotopic (exact) mass is 397 g/mol. The minimum Gasteiger partial charge on any atom is -0.481 e. The van der Waals surface area contributed by atoms with Crippen LogP contribution in [0.2, 0.25) is 0 Å². The molecule has 0 saturated carbocycles. The number of amides is 3. The van der Waals surface area contributed by atoms with E-state index in [-0.39, 0.29) is 18.4 Å². The van der Waals surface area contributed by atoms with E-state index in [4.69, 9.17) is 5.11 Å². The van der Waals surface area contributed by atoms with Gasteiger partial charge in [0.15, 0.2) is 0 Å². The molecule has 0 spiro atoms. The quantitative estimate of drug-likeness (QED) is 0.604. The Hall–Kier alpha value is -3.35. The third kappa shape index (κ3) is 7.29. The number of benzene rings is 2. The van der Waals surface area contributed by atoms with Gasteiger partial charge in [-0.1, -0.05) is 36.4 Å². The second-order valence-corrected chi connectivity index (χ2v) is 6.82. The van der Waals surface area contributed by atoms with Crippen molar-refractivity contribution in [1.29, 1.82) is 0 Å². The Morgan fingerprint density at radius 2 is 1.79 bits per heavy atom. The third-order valence-electron chi connectivity index (χ3n) is 4.56. The van der Waals surface area contributed by atoms with Crippen molar-refractivity contribution in [3.8, 4) is 0 Å². The summed E-state index contributed by atoms with van der Waals surface area (Å²) < 4.78 is 0. The summed E-state index contributed by atoms with van der Waals surface area (Å²) in [6.07, 6.45) is 0.809. The molecule has 0 bridgehead atoms. The minimum absolute atomic E-state index is 0.0366. The zero-order valence-electron chi connectivity index (χ0n) is 16.7. The van der Waals surface area contributed by atoms with Crippen LogP contribution in [0.4, 0.5) is 10.5 Å². The molecule has 3 N–H and O–H groups in total. The van der Waals surface area contributed by atoms with Gasteiger partial charge in [0, 0.05) is 37.3 Å². The zero-order valence-corrected chi connectivity index (χ0v) is 16.7. The van der Waals surface area contributed by atoms with E-state index < -0.39 is 12.0 Å². The predicted octanol–water partition coefficient (Wildman–Crippen LogP) is 3.38. The lowest BCUT2D eigenvalue weighted by Gasteiger charge is -2.19. The summed E-state index contributed by atoms with van der Waals surface area (Å²) in [5.41, 5.74) is 1.99. The van der Waals surface area contributed by atoms with Gasteiger partial charge in [-0.15, -0.1) is 0 Å². The Morgan fingerprint density at radius 1 is 1.07 bits per heavy atom. The summed E-state index contributed by atoms with van der Waals surface area (Å²) in [6.45, 7) is 2.47. The number of urea groups is 1. The maximum atomic E-state index is 12.5. The highest BCUT2D eigenvalue weighted by molar-refractivity contribution is 5.96. The number of carbonyl (C=O) groups is 3. The van der Waals surface area contributed by atoms with Crippen molar-refractivity contribution in [3.63, 3.8) is 0 Å². The van der Waals surface area contributed by atoms with Crippen LogP contribution in [0.15, 0.2) is 54.6 Å². The molecule has 7 heteroatoms. The summed E-state index contributed by atoms with van der Waals surface area (Å²) in [5.74, 6) is -1.03. The molecule has 1 atom stereocenters. The van der Waals surface area contributed by atoms with Crippen LogP contribution >= 0.6 is 0 Å². The average Bonchev–Trinajstić information content (AvgIpc) is 2.71. The van der Waals surface area contributed by atoms with E-state index in [0.717, 1.165) is 5.56 Å². The molecule has 0 aliphatic heterocycles. The van der Waals surface area contributed by atoms with E-state index in [0.29, 0.717) is 30.6 Å². The number of carboxylic acids is 1. The normalized spacial score (nSPS) is 11.4.